The summed E-state index contributed by atoms with van der Waals surface area (Å²) in [5, 5.41) is 3.38. The molecular formula is C12H19NO3S. The highest BCUT2D eigenvalue weighted by Crippen LogP contribution is 2.17. The van der Waals surface area contributed by atoms with E-state index in [2.05, 4.69) is 12.2 Å². The Bertz CT molecular complexity index is 438. The first-order valence-corrected chi connectivity index (χ1v) is 7.83. The zero-order valence-electron chi connectivity index (χ0n) is 10.1. The number of hydrogen-bond acceptors (Lipinski definition) is 4. The molecule has 2 atom stereocenters. The smallest absolute Gasteiger partial charge is 0.150 e. The second-order valence-corrected chi connectivity index (χ2v) is 7.09. The molecule has 0 bridgehead atoms. The van der Waals surface area contributed by atoms with Gasteiger partial charge in [-0.25, -0.2) is 8.42 Å². The predicted octanol–water partition coefficient (Wildman–Crippen LogP) is 1.23. The average molecular weight is 257 g/mol. The molecular weight excluding hydrogens is 238 g/mol. The lowest BCUT2D eigenvalue weighted by Gasteiger charge is -2.15. The Balaban J connectivity index is 1.72. The maximum atomic E-state index is 11.3. The van der Waals surface area contributed by atoms with Gasteiger partial charge in [0.15, 0.2) is 9.84 Å². The SMILES string of the molecule is CC(Cc1ccco1)NCC1CCS(=O)(=O)C1. The molecule has 1 aromatic rings. The van der Waals surface area contributed by atoms with Crippen molar-refractivity contribution in [2.75, 3.05) is 18.1 Å². The van der Waals surface area contributed by atoms with Gasteiger partial charge in [0.05, 0.1) is 17.8 Å². The summed E-state index contributed by atoms with van der Waals surface area (Å²) in [6.07, 6.45) is 3.31. The van der Waals surface area contributed by atoms with Gasteiger partial charge in [0.25, 0.3) is 0 Å². The quantitative estimate of drug-likeness (QED) is 0.862. The van der Waals surface area contributed by atoms with E-state index in [1.165, 1.54) is 0 Å². The normalized spacial score (nSPS) is 24.9. The first-order valence-electron chi connectivity index (χ1n) is 6.01. The fourth-order valence-corrected chi connectivity index (χ4v) is 4.07. The summed E-state index contributed by atoms with van der Waals surface area (Å²) in [7, 11) is -2.75. The van der Waals surface area contributed by atoms with E-state index in [1.807, 2.05) is 12.1 Å². The molecule has 1 aliphatic heterocycles. The summed E-state index contributed by atoms with van der Waals surface area (Å²) in [6, 6.07) is 4.15. The molecule has 0 aromatic carbocycles. The molecule has 0 spiro atoms. The fraction of sp³-hybridized carbons (Fsp3) is 0.667. The van der Waals surface area contributed by atoms with E-state index in [0.717, 1.165) is 25.1 Å². The van der Waals surface area contributed by atoms with Gasteiger partial charge in [0.2, 0.25) is 0 Å². The first kappa shape index (κ1) is 12.6. The summed E-state index contributed by atoms with van der Waals surface area (Å²) in [4.78, 5) is 0. The second-order valence-electron chi connectivity index (χ2n) is 4.86. The summed E-state index contributed by atoms with van der Waals surface area (Å²) in [5.74, 6) is 1.93. The zero-order valence-corrected chi connectivity index (χ0v) is 10.9. The number of rotatable bonds is 5. The Morgan fingerprint density at radius 1 is 1.59 bits per heavy atom. The Morgan fingerprint density at radius 3 is 3.00 bits per heavy atom. The summed E-state index contributed by atoms with van der Waals surface area (Å²) in [5.41, 5.74) is 0. The van der Waals surface area contributed by atoms with Crippen LogP contribution in [-0.4, -0.2) is 32.5 Å². The molecule has 0 saturated carbocycles. The molecule has 5 heteroatoms. The van der Waals surface area contributed by atoms with Gasteiger partial charge < -0.3 is 9.73 Å². The summed E-state index contributed by atoms with van der Waals surface area (Å²) >= 11 is 0. The van der Waals surface area contributed by atoms with Gasteiger partial charge in [-0.05, 0) is 37.9 Å². The molecule has 0 radical (unpaired) electrons. The minimum absolute atomic E-state index is 0.277. The highest BCUT2D eigenvalue weighted by molar-refractivity contribution is 7.91. The van der Waals surface area contributed by atoms with Crippen molar-refractivity contribution in [3.8, 4) is 0 Å². The monoisotopic (exact) mass is 257 g/mol. The minimum Gasteiger partial charge on any atom is -0.469 e. The van der Waals surface area contributed by atoms with E-state index in [4.69, 9.17) is 4.42 Å². The van der Waals surface area contributed by atoms with Crippen molar-refractivity contribution in [1.29, 1.82) is 0 Å². The third kappa shape index (κ3) is 3.85. The van der Waals surface area contributed by atoms with Gasteiger partial charge in [0.1, 0.15) is 5.76 Å². The van der Waals surface area contributed by atoms with E-state index in [9.17, 15) is 8.42 Å². The highest BCUT2D eigenvalue weighted by atomic mass is 32.2. The van der Waals surface area contributed by atoms with Crippen LogP contribution in [0.1, 0.15) is 19.1 Å². The van der Waals surface area contributed by atoms with Crippen LogP contribution >= 0.6 is 0 Å². The van der Waals surface area contributed by atoms with Crippen LogP contribution in [0.3, 0.4) is 0 Å². The topological polar surface area (TPSA) is 59.3 Å². The molecule has 1 fully saturated rings. The van der Waals surface area contributed by atoms with Gasteiger partial charge in [-0.2, -0.15) is 0 Å². The van der Waals surface area contributed by atoms with Crippen molar-refractivity contribution >= 4 is 9.84 Å². The molecule has 0 amide bonds. The molecule has 1 aliphatic rings. The van der Waals surface area contributed by atoms with E-state index < -0.39 is 9.84 Å². The van der Waals surface area contributed by atoms with Crippen molar-refractivity contribution in [3.05, 3.63) is 24.2 Å². The third-order valence-electron chi connectivity index (χ3n) is 3.17. The Labute approximate surface area is 102 Å². The molecule has 17 heavy (non-hydrogen) atoms. The second kappa shape index (κ2) is 5.23. The Hall–Kier alpha value is -0.810. The van der Waals surface area contributed by atoms with E-state index in [-0.39, 0.29) is 5.92 Å². The van der Waals surface area contributed by atoms with Crippen LogP contribution in [0.25, 0.3) is 0 Å². The molecule has 96 valence electrons. The van der Waals surface area contributed by atoms with Crippen LogP contribution in [-0.2, 0) is 16.3 Å². The first-order chi connectivity index (χ1) is 8.05. The lowest BCUT2D eigenvalue weighted by atomic mass is 10.1. The number of hydrogen-bond donors (Lipinski definition) is 1. The number of sulfone groups is 1. The molecule has 1 N–H and O–H groups in total. The van der Waals surface area contributed by atoms with Crippen molar-refractivity contribution in [2.45, 2.75) is 25.8 Å². The number of furan rings is 1. The Morgan fingerprint density at radius 2 is 2.41 bits per heavy atom. The maximum absolute atomic E-state index is 11.3. The molecule has 4 nitrogen and oxygen atoms in total. The average Bonchev–Trinajstić information content (AvgIpc) is 2.85. The maximum Gasteiger partial charge on any atom is 0.150 e. The van der Waals surface area contributed by atoms with Crippen molar-refractivity contribution < 1.29 is 12.8 Å². The van der Waals surface area contributed by atoms with Crippen LogP contribution in [0.15, 0.2) is 22.8 Å². The molecule has 2 heterocycles. The van der Waals surface area contributed by atoms with Crippen molar-refractivity contribution in [2.24, 2.45) is 5.92 Å². The summed E-state index contributed by atoms with van der Waals surface area (Å²) in [6.45, 7) is 2.87. The van der Waals surface area contributed by atoms with E-state index in [1.54, 1.807) is 6.26 Å². The van der Waals surface area contributed by atoms with Crippen LogP contribution in [0, 0.1) is 5.92 Å². The summed E-state index contributed by atoms with van der Waals surface area (Å²) < 4.78 is 27.9. The lowest BCUT2D eigenvalue weighted by Crippen LogP contribution is -2.33. The van der Waals surface area contributed by atoms with Gasteiger partial charge in [-0.3, -0.25) is 0 Å². The fourth-order valence-electron chi connectivity index (χ4n) is 2.20. The molecule has 1 aromatic heterocycles. The van der Waals surface area contributed by atoms with Crippen LogP contribution < -0.4 is 5.32 Å². The van der Waals surface area contributed by atoms with Crippen LogP contribution in [0.5, 0.6) is 0 Å². The molecule has 2 rings (SSSR count). The highest BCUT2D eigenvalue weighted by Gasteiger charge is 2.27. The standard InChI is InChI=1S/C12H19NO3S/c1-10(7-12-3-2-5-16-12)13-8-11-4-6-17(14,15)9-11/h2-3,5,10-11,13H,4,6-9H2,1H3. The van der Waals surface area contributed by atoms with Crippen molar-refractivity contribution in [1.82, 2.24) is 5.32 Å². The van der Waals surface area contributed by atoms with Crippen LogP contribution in [0.2, 0.25) is 0 Å². The minimum atomic E-state index is -2.75. The van der Waals surface area contributed by atoms with Crippen LogP contribution in [0.4, 0.5) is 0 Å². The predicted molar refractivity (Wildman–Crippen MR) is 66.6 cm³/mol. The van der Waals surface area contributed by atoms with E-state index in [0.29, 0.717) is 17.5 Å². The van der Waals surface area contributed by atoms with Gasteiger partial charge >= 0.3 is 0 Å². The molecule has 2 unspecified atom stereocenters. The molecule has 1 saturated heterocycles. The largest absolute Gasteiger partial charge is 0.469 e. The van der Waals surface area contributed by atoms with Crippen molar-refractivity contribution in [3.63, 3.8) is 0 Å². The van der Waals surface area contributed by atoms with Gasteiger partial charge in [-0.15, -0.1) is 0 Å². The van der Waals surface area contributed by atoms with E-state index >= 15 is 0 Å². The van der Waals surface area contributed by atoms with Gasteiger partial charge in [0, 0.05) is 12.5 Å². The number of nitrogens with one attached hydrogen (secondary N) is 1. The lowest BCUT2D eigenvalue weighted by molar-refractivity contribution is 0.428. The zero-order chi connectivity index (χ0) is 12.3. The van der Waals surface area contributed by atoms with Gasteiger partial charge in [-0.1, -0.05) is 0 Å². The Kier molecular flexibility index (Phi) is 3.89. The third-order valence-corrected chi connectivity index (χ3v) is 5.01. The molecule has 0 aliphatic carbocycles.